The highest BCUT2D eigenvalue weighted by Gasteiger charge is 2.25. The molecule has 0 aromatic carbocycles. The zero-order chi connectivity index (χ0) is 13.9. The first-order chi connectivity index (χ1) is 9.03. The Hall–Kier alpha value is 0.400. The molecule has 2 heterocycles. The average Bonchev–Trinajstić information content (AvgIpc) is 2.72. The lowest BCUT2D eigenvalue weighted by Crippen LogP contribution is -2.38. The molecule has 0 amide bonds. The van der Waals surface area contributed by atoms with Crippen LogP contribution in [-0.2, 0) is 16.6 Å². The Kier molecular flexibility index (Phi) is 5.74. The minimum Gasteiger partial charge on any atom is -0.315 e. The fourth-order valence-electron chi connectivity index (χ4n) is 1.96. The fraction of sp³-hybridized carbons (Fsp3) is 0.636. The van der Waals surface area contributed by atoms with Gasteiger partial charge in [0.1, 0.15) is 4.90 Å². The lowest BCUT2D eigenvalue weighted by molar-refractivity contribution is 0.543. The smallest absolute Gasteiger partial charge is 0.242 e. The van der Waals surface area contributed by atoms with Crippen LogP contribution in [0.2, 0.25) is 0 Å². The number of hydrogen-bond acceptors (Lipinski definition) is 5. The second-order valence-corrected chi connectivity index (χ2v) is 9.70. The van der Waals surface area contributed by atoms with E-state index in [0.29, 0.717) is 15.2 Å². The maximum absolute atomic E-state index is 12.4. The van der Waals surface area contributed by atoms with Crippen molar-refractivity contribution in [2.45, 2.75) is 30.3 Å². The van der Waals surface area contributed by atoms with Crippen LogP contribution in [0.15, 0.2) is 14.7 Å². The van der Waals surface area contributed by atoms with Crippen molar-refractivity contribution in [3.05, 3.63) is 14.7 Å². The van der Waals surface area contributed by atoms with Gasteiger partial charge < -0.3 is 5.32 Å². The van der Waals surface area contributed by atoms with E-state index < -0.39 is 10.0 Å². The lowest BCUT2D eigenvalue weighted by Gasteiger charge is -2.22. The molecule has 19 heavy (non-hydrogen) atoms. The summed E-state index contributed by atoms with van der Waals surface area (Å²) in [5, 5.41) is 3.03. The highest BCUT2D eigenvalue weighted by molar-refractivity contribution is 9.11. The molecule has 108 valence electrons. The number of sulfonamides is 1. The Morgan fingerprint density at radius 3 is 2.95 bits per heavy atom. The molecule has 4 nitrogen and oxygen atoms in total. The van der Waals surface area contributed by atoms with Crippen LogP contribution in [0.4, 0.5) is 0 Å². The first-order valence-corrected chi connectivity index (χ1v) is 10.3. The van der Waals surface area contributed by atoms with Gasteiger partial charge in [0.2, 0.25) is 10.0 Å². The van der Waals surface area contributed by atoms with Gasteiger partial charge >= 0.3 is 0 Å². The Morgan fingerprint density at radius 1 is 1.53 bits per heavy atom. The predicted molar refractivity (Wildman–Crippen MR) is 85.5 cm³/mol. The van der Waals surface area contributed by atoms with Crippen molar-refractivity contribution in [3.63, 3.8) is 0 Å². The summed E-state index contributed by atoms with van der Waals surface area (Å²) >= 11 is 6.62. The second kappa shape index (κ2) is 6.91. The average molecular weight is 385 g/mol. The maximum atomic E-state index is 12.4. The monoisotopic (exact) mass is 384 g/mol. The van der Waals surface area contributed by atoms with Crippen molar-refractivity contribution >= 4 is 49.1 Å². The van der Waals surface area contributed by atoms with Crippen LogP contribution in [0.1, 0.15) is 17.7 Å². The molecule has 1 fully saturated rings. The first kappa shape index (κ1) is 15.8. The van der Waals surface area contributed by atoms with E-state index in [1.807, 2.05) is 18.8 Å². The summed E-state index contributed by atoms with van der Waals surface area (Å²) in [6.07, 6.45) is 2.00. The van der Waals surface area contributed by atoms with Gasteiger partial charge in [-0.1, -0.05) is 0 Å². The molecule has 1 aliphatic heterocycles. The van der Waals surface area contributed by atoms with Crippen molar-refractivity contribution in [1.82, 2.24) is 10.0 Å². The number of rotatable bonds is 5. The van der Waals surface area contributed by atoms with Crippen LogP contribution in [-0.4, -0.2) is 33.0 Å². The number of thioether (sulfide) groups is 1. The van der Waals surface area contributed by atoms with Crippen molar-refractivity contribution in [3.8, 4) is 0 Å². The lowest BCUT2D eigenvalue weighted by atomic mass is 10.2. The normalized spacial score (nSPS) is 20.6. The third kappa shape index (κ3) is 4.18. The molecule has 0 saturated carbocycles. The van der Waals surface area contributed by atoms with Gasteiger partial charge in [0.05, 0.1) is 3.79 Å². The van der Waals surface area contributed by atoms with Crippen molar-refractivity contribution in [2.75, 3.05) is 18.6 Å². The third-order valence-corrected chi connectivity index (χ3v) is 7.82. The van der Waals surface area contributed by atoms with E-state index in [0.717, 1.165) is 29.2 Å². The van der Waals surface area contributed by atoms with Crippen LogP contribution in [0.25, 0.3) is 0 Å². The summed E-state index contributed by atoms with van der Waals surface area (Å²) in [4.78, 5) is 1.37. The number of thiophene rings is 1. The molecule has 1 aliphatic rings. The van der Waals surface area contributed by atoms with Gasteiger partial charge in [-0.25, -0.2) is 13.1 Å². The summed E-state index contributed by atoms with van der Waals surface area (Å²) in [6.45, 7) is 0.679. The summed E-state index contributed by atoms with van der Waals surface area (Å²) in [5.74, 6) is 2.00. The molecule has 8 heteroatoms. The number of halogens is 1. The van der Waals surface area contributed by atoms with E-state index in [9.17, 15) is 8.42 Å². The zero-order valence-corrected chi connectivity index (χ0v) is 14.6. The van der Waals surface area contributed by atoms with Gasteiger partial charge in [-0.3, -0.25) is 0 Å². The Balaban J connectivity index is 2.14. The Bertz CT molecular complexity index is 524. The predicted octanol–water partition coefficient (Wildman–Crippen LogP) is 2.40. The number of hydrogen-bond donors (Lipinski definition) is 2. The van der Waals surface area contributed by atoms with Gasteiger partial charge in [-0.05, 0) is 47.6 Å². The van der Waals surface area contributed by atoms with Gasteiger partial charge in [0.15, 0.2) is 0 Å². The van der Waals surface area contributed by atoms with Crippen LogP contribution < -0.4 is 10.0 Å². The highest BCUT2D eigenvalue weighted by atomic mass is 79.9. The largest absolute Gasteiger partial charge is 0.315 e. The van der Waals surface area contributed by atoms with Crippen LogP contribution >= 0.6 is 39.0 Å². The Morgan fingerprint density at radius 2 is 2.32 bits per heavy atom. The second-order valence-electron chi connectivity index (χ2n) is 4.42. The van der Waals surface area contributed by atoms with Crippen molar-refractivity contribution in [1.29, 1.82) is 0 Å². The van der Waals surface area contributed by atoms with E-state index in [-0.39, 0.29) is 6.04 Å². The molecule has 1 atom stereocenters. The highest BCUT2D eigenvalue weighted by Crippen LogP contribution is 2.32. The summed E-state index contributed by atoms with van der Waals surface area (Å²) in [6, 6.07) is 1.80. The van der Waals surface area contributed by atoms with Crippen LogP contribution in [0, 0.1) is 0 Å². The standard InChI is InChI=1S/C11H17BrN2O2S3/c1-13-6-9-5-10(11(12)18-9)19(15,16)14-8-3-2-4-17-7-8/h5,8,13-14H,2-4,6-7H2,1H3. The molecule has 0 radical (unpaired) electrons. The third-order valence-electron chi connectivity index (χ3n) is 2.83. The molecule has 2 rings (SSSR count). The van der Waals surface area contributed by atoms with E-state index >= 15 is 0 Å². The fourth-order valence-corrected chi connectivity index (χ4v) is 7.10. The topological polar surface area (TPSA) is 58.2 Å². The molecule has 1 saturated heterocycles. The van der Waals surface area contributed by atoms with Crippen molar-refractivity contribution < 1.29 is 8.42 Å². The molecule has 1 unspecified atom stereocenters. The van der Waals surface area contributed by atoms with Crippen LogP contribution in [0.5, 0.6) is 0 Å². The molecule has 2 N–H and O–H groups in total. The maximum Gasteiger partial charge on any atom is 0.242 e. The van der Waals surface area contributed by atoms with Gasteiger partial charge in [-0.15, -0.1) is 11.3 Å². The molecule has 1 aromatic rings. The van der Waals surface area contributed by atoms with Crippen molar-refractivity contribution in [2.24, 2.45) is 0 Å². The van der Waals surface area contributed by atoms with E-state index in [4.69, 9.17) is 0 Å². The molecule has 0 spiro atoms. The van der Waals surface area contributed by atoms with E-state index in [1.54, 1.807) is 6.07 Å². The first-order valence-electron chi connectivity index (χ1n) is 6.06. The van der Waals surface area contributed by atoms with E-state index in [1.165, 1.54) is 11.3 Å². The molecule has 0 bridgehead atoms. The minimum absolute atomic E-state index is 0.0586. The van der Waals surface area contributed by atoms with E-state index in [2.05, 4.69) is 26.0 Å². The summed E-state index contributed by atoms with van der Waals surface area (Å²) in [7, 11) is -1.57. The summed E-state index contributed by atoms with van der Waals surface area (Å²) in [5.41, 5.74) is 0. The minimum atomic E-state index is -3.42. The SMILES string of the molecule is CNCc1cc(S(=O)(=O)NC2CCCSC2)c(Br)s1. The molecular formula is C11H17BrN2O2S3. The van der Waals surface area contributed by atoms with Gasteiger partial charge in [-0.2, -0.15) is 11.8 Å². The molecule has 0 aliphatic carbocycles. The quantitative estimate of drug-likeness (QED) is 0.817. The Labute approximate surface area is 130 Å². The molecular weight excluding hydrogens is 368 g/mol. The van der Waals surface area contributed by atoms with Crippen LogP contribution in [0.3, 0.4) is 0 Å². The summed E-state index contributed by atoms with van der Waals surface area (Å²) < 4.78 is 28.2. The number of nitrogens with one attached hydrogen (secondary N) is 2. The van der Waals surface area contributed by atoms with Gasteiger partial charge in [0.25, 0.3) is 0 Å². The van der Waals surface area contributed by atoms with Gasteiger partial charge in [0, 0.05) is 23.2 Å². The molecule has 1 aromatic heterocycles. The zero-order valence-electron chi connectivity index (χ0n) is 10.6.